The third-order valence-corrected chi connectivity index (χ3v) is 9.88. The average molecular weight is 655 g/mol. The predicted octanol–water partition coefficient (Wildman–Crippen LogP) is 11.8. The Kier molecular flexibility index (Phi) is 5.86. The van der Waals surface area contributed by atoms with E-state index in [0.29, 0.717) is 17.6 Å². The Labute approximate surface area is 290 Å². The minimum absolute atomic E-state index is 0.533. The van der Waals surface area contributed by atoms with Crippen LogP contribution < -0.4 is 0 Å². The maximum atomic E-state index is 6.49. The molecule has 6 heteroatoms. The van der Waals surface area contributed by atoms with Crippen molar-refractivity contribution in [2.45, 2.75) is 0 Å². The Bertz CT molecular complexity index is 3140. The van der Waals surface area contributed by atoms with E-state index in [9.17, 15) is 0 Å². The average Bonchev–Trinajstić information content (AvgIpc) is 3.88. The topological polar surface area (TPSA) is 69.9 Å². The monoisotopic (exact) mass is 654 g/mol. The van der Waals surface area contributed by atoms with Gasteiger partial charge in [-0.3, -0.25) is 4.57 Å². The normalized spacial score (nSPS) is 11.9. The fourth-order valence-electron chi connectivity index (χ4n) is 7.70. The van der Waals surface area contributed by atoms with Gasteiger partial charge in [-0.2, -0.15) is 9.97 Å². The first kappa shape index (κ1) is 27.9. The number of aromatic nitrogens is 4. The van der Waals surface area contributed by atoms with Crippen LogP contribution in [0, 0.1) is 0 Å². The van der Waals surface area contributed by atoms with Crippen LogP contribution in [0.15, 0.2) is 167 Å². The van der Waals surface area contributed by atoms with Crippen LogP contribution in [0.4, 0.5) is 0 Å². The van der Waals surface area contributed by atoms with E-state index in [1.807, 2.05) is 72.8 Å². The lowest BCUT2D eigenvalue weighted by atomic mass is 9.97. The van der Waals surface area contributed by atoms with E-state index in [4.69, 9.17) is 23.8 Å². The molecule has 11 aromatic rings. The van der Waals surface area contributed by atoms with Gasteiger partial charge in [0.1, 0.15) is 22.3 Å². The summed E-state index contributed by atoms with van der Waals surface area (Å²) in [5, 5.41) is 6.37. The maximum Gasteiger partial charge on any atom is 0.238 e. The molecule has 51 heavy (non-hydrogen) atoms. The van der Waals surface area contributed by atoms with Crippen molar-refractivity contribution in [2.75, 3.05) is 0 Å². The van der Waals surface area contributed by atoms with E-state index >= 15 is 0 Å². The molecular weight excluding hydrogens is 629 g/mol. The summed E-state index contributed by atoms with van der Waals surface area (Å²) >= 11 is 0. The van der Waals surface area contributed by atoms with Crippen LogP contribution in [0.5, 0.6) is 0 Å². The Morgan fingerprint density at radius 1 is 0.353 bits per heavy atom. The van der Waals surface area contributed by atoms with E-state index in [-0.39, 0.29) is 0 Å². The van der Waals surface area contributed by atoms with Crippen molar-refractivity contribution >= 4 is 65.7 Å². The molecule has 0 bridgehead atoms. The summed E-state index contributed by atoms with van der Waals surface area (Å²) in [6.07, 6.45) is 0. The van der Waals surface area contributed by atoms with Gasteiger partial charge in [-0.25, -0.2) is 4.98 Å². The highest BCUT2D eigenvalue weighted by molar-refractivity contribution is 6.27. The molecule has 0 aliphatic carbocycles. The van der Waals surface area contributed by atoms with Gasteiger partial charge in [0.25, 0.3) is 0 Å². The lowest BCUT2D eigenvalue weighted by Gasteiger charge is -2.12. The second kappa shape index (κ2) is 10.7. The number of benzene rings is 7. The van der Waals surface area contributed by atoms with Crippen molar-refractivity contribution in [3.8, 4) is 39.9 Å². The summed E-state index contributed by atoms with van der Waals surface area (Å²) in [5.41, 5.74) is 9.28. The smallest absolute Gasteiger partial charge is 0.238 e. The molecule has 0 spiro atoms. The molecule has 7 aromatic carbocycles. The van der Waals surface area contributed by atoms with Gasteiger partial charge in [0, 0.05) is 43.4 Å². The highest BCUT2D eigenvalue weighted by Crippen LogP contribution is 2.43. The SMILES string of the molecule is c1ccc(-c2nc(-c3cccc4oc5cccc(-c6ccccc6)c5c34)nc(-n3c4ccccc4c4c5c(ccc43)oc3ccccc35)n2)cc1. The molecule has 238 valence electrons. The van der Waals surface area contributed by atoms with E-state index in [1.165, 1.54) is 0 Å². The molecule has 0 radical (unpaired) electrons. The van der Waals surface area contributed by atoms with Gasteiger partial charge in [0.2, 0.25) is 5.95 Å². The quantitative estimate of drug-likeness (QED) is 0.189. The van der Waals surface area contributed by atoms with E-state index in [1.54, 1.807) is 0 Å². The van der Waals surface area contributed by atoms with Crippen molar-refractivity contribution in [3.63, 3.8) is 0 Å². The highest BCUT2D eigenvalue weighted by atomic mass is 16.3. The minimum atomic E-state index is 0.533. The number of hydrogen-bond acceptors (Lipinski definition) is 5. The van der Waals surface area contributed by atoms with Gasteiger partial charge in [0.15, 0.2) is 11.6 Å². The van der Waals surface area contributed by atoms with Crippen LogP contribution in [0.3, 0.4) is 0 Å². The van der Waals surface area contributed by atoms with Crippen LogP contribution in [0.2, 0.25) is 0 Å². The van der Waals surface area contributed by atoms with Crippen LogP contribution >= 0.6 is 0 Å². The van der Waals surface area contributed by atoms with Gasteiger partial charge >= 0.3 is 0 Å². The van der Waals surface area contributed by atoms with Crippen LogP contribution in [-0.4, -0.2) is 19.5 Å². The third kappa shape index (κ3) is 4.14. The lowest BCUT2D eigenvalue weighted by molar-refractivity contribution is 0.668. The molecule has 0 aliphatic rings. The number of rotatable bonds is 4. The number of furan rings is 2. The lowest BCUT2D eigenvalue weighted by Crippen LogP contribution is -2.06. The van der Waals surface area contributed by atoms with E-state index < -0.39 is 0 Å². The first-order chi connectivity index (χ1) is 25.3. The summed E-state index contributed by atoms with van der Waals surface area (Å²) in [7, 11) is 0. The van der Waals surface area contributed by atoms with Gasteiger partial charge in [-0.05, 0) is 47.5 Å². The third-order valence-electron chi connectivity index (χ3n) is 9.88. The molecule has 0 N–H and O–H groups in total. The summed E-state index contributed by atoms with van der Waals surface area (Å²) < 4.78 is 15.0. The molecule has 0 saturated heterocycles. The Morgan fingerprint density at radius 3 is 1.75 bits per heavy atom. The second-order valence-electron chi connectivity index (χ2n) is 12.8. The van der Waals surface area contributed by atoms with E-state index in [2.05, 4.69) is 89.5 Å². The number of hydrogen-bond donors (Lipinski definition) is 0. The van der Waals surface area contributed by atoms with Gasteiger partial charge in [-0.15, -0.1) is 0 Å². The molecule has 4 heterocycles. The molecule has 0 saturated carbocycles. The number of nitrogens with zero attached hydrogens (tertiary/aromatic N) is 4. The molecule has 0 unspecified atom stereocenters. The van der Waals surface area contributed by atoms with Gasteiger partial charge < -0.3 is 8.83 Å². The molecule has 0 aliphatic heterocycles. The fourth-order valence-corrected chi connectivity index (χ4v) is 7.70. The van der Waals surface area contributed by atoms with Crippen molar-refractivity contribution in [1.82, 2.24) is 19.5 Å². The minimum Gasteiger partial charge on any atom is -0.456 e. The zero-order chi connectivity index (χ0) is 33.5. The molecule has 11 rings (SSSR count). The largest absolute Gasteiger partial charge is 0.456 e. The first-order valence-electron chi connectivity index (χ1n) is 17.0. The highest BCUT2D eigenvalue weighted by Gasteiger charge is 2.23. The summed E-state index contributed by atoms with van der Waals surface area (Å²) in [6.45, 7) is 0. The number of fused-ring (bicyclic) bond motifs is 10. The molecule has 0 fully saturated rings. The van der Waals surface area contributed by atoms with Crippen LogP contribution in [0.1, 0.15) is 0 Å². The molecule has 4 aromatic heterocycles. The van der Waals surface area contributed by atoms with Crippen LogP contribution in [0.25, 0.3) is 106 Å². The van der Waals surface area contributed by atoms with Crippen molar-refractivity contribution in [1.29, 1.82) is 0 Å². The summed E-state index contributed by atoms with van der Waals surface area (Å²) in [6, 6.07) is 53.7. The zero-order valence-corrected chi connectivity index (χ0v) is 27.1. The summed E-state index contributed by atoms with van der Waals surface area (Å²) in [4.78, 5) is 15.7. The Balaban J connectivity index is 1.25. The standard InChI is InChI=1S/C45H26N4O2/c1-3-13-27(14-4-1)29-19-11-23-36-40(29)42-32(20-12-24-37(42)51-36)44-46-43(28-15-5-2-6-16-28)47-45(48-44)49-33-21-9-7-17-30(33)39-34(49)25-26-38-41(39)31-18-8-10-22-35(31)50-38/h1-26H. The first-order valence-corrected chi connectivity index (χ1v) is 17.0. The Morgan fingerprint density at radius 2 is 0.941 bits per heavy atom. The molecule has 6 nitrogen and oxygen atoms in total. The predicted molar refractivity (Wildman–Crippen MR) is 205 cm³/mol. The van der Waals surface area contributed by atoms with E-state index in [0.717, 1.165) is 87.9 Å². The second-order valence-corrected chi connectivity index (χ2v) is 12.8. The van der Waals surface area contributed by atoms with Crippen LogP contribution in [-0.2, 0) is 0 Å². The van der Waals surface area contributed by atoms with Crippen molar-refractivity contribution in [2.24, 2.45) is 0 Å². The number of para-hydroxylation sites is 2. The van der Waals surface area contributed by atoms with Gasteiger partial charge in [-0.1, -0.05) is 121 Å². The maximum absolute atomic E-state index is 6.49. The fraction of sp³-hybridized carbons (Fsp3) is 0. The van der Waals surface area contributed by atoms with Gasteiger partial charge in [0.05, 0.1) is 11.0 Å². The summed E-state index contributed by atoms with van der Waals surface area (Å²) in [5.74, 6) is 1.69. The molecule has 0 amide bonds. The molecular formula is C45H26N4O2. The Hall–Kier alpha value is -7.05. The van der Waals surface area contributed by atoms with Crippen molar-refractivity contribution < 1.29 is 8.83 Å². The van der Waals surface area contributed by atoms with Crippen molar-refractivity contribution in [3.05, 3.63) is 158 Å². The molecule has 0 atom stereocenters. The zero-order valence-electron chi connectivity index (χ0n) is 27.1.